The Morgan fingerprint density at radius 2 is 1.55 bits per heavy atom. The summed E-state index contributed by atoms with van der Waals surface area (Å²) in [6.07, 6.45) is 3.82. The van der Waals surface area contributed by atoms with Gasteiger partial charge in [-0.3, -0.25) is 0 Å². The van der Waals surface area contributed by atoms with Crippen LogP contribution in [0.1, 0.15) is 11.1 Å². The topological polar surface area (TPSA) is 44.7 Å². The van der Waals surface area contributed by atoms with Crippen molar-refractivity contribution in [1.29, 1.82) is 0 Å². The Morgan fingerprint density at radius 1 is 0.839 bits per heavy atom. The smallest absolute Gasteiger partial charge is 0.225 e. The maximum atomic E-state index is 5.44. The third kappa shape index (κ3) is 5.60. The molecular weight excluding hydrogens is 386 g/mol. The van der Waals surface area contributed by atoms with Gasteiger partial charge in [0.05, 0.1) is 13.2 Å². The van der Waals surface area contributed by atoms with Gasteiger partial charge in [0.2, 0.25) is 5.95 Å². The van der Waals surface area contributed by atoms with E-state index >= 15 is 0 Å². The van der Waals surface area contributed by atoms with Crippen LogP contribution in [0.25, 0.3) is 11.1 Å². The second kappa shape index (κ2) is 9.90. The molecule has 1 aliphatic rings. The molecule has 1 saturated heterocycles. The number of anilines is 2. The van der Waals surface area contributed by atoms with Crippen molar-refractivity contribution in [2.24, 2.45) is 0 Å². The van der Waals surface area contributed by atoms with Crippen LogP contribution >= 0.6 is 0 Å². The Balaban J connectivity index is 1.40. The lowest BCUT2D eigenvalue weighted by atomic mass is 10.1. The van der Waals surface area contributed by atoms with Crippen LogP contribution in [-0.4, -0.2) is 62.3 Å². The predicted octanol–water partition coefficient (Wildman–Crippen LogP) is 3.68. The summed E-state index contributed by atoms with van der Waals surface area (Å²) in [5, 5.41) is 0. The van der Waals surface area contributed by atoms with Gasteiger partial charge in [0.1, 0.15) is 0 Å². The van der Waals surface area contributed by atoms with Gasteiger partial charge in [0.15, 0.2) is 0 Å². The van der Waals surface area contributed by atoms with Crippen molar-refractivity contribution in [2.75, 3.05) is 57.2 Å². The second-order valence-electron chi connectivity index (χ2n) is 8.33. The van der Waals surface area contributed by atoms with Gasteiger partial charge in [0, 0.05) is 56.9 Å². The van der Waals surface area contributed by atoms with E-state index in [-0.39, 0.29) is 0 Å². The highest BCUT2D eigenvalue weighted by atomic mass is 16.5. The Morgan fingerprint density at radius 3 is 2.23 bits per heavy atom. The van der Waals surface area contributed by atoms with E-state index in [4.69, 9.17) is 4.74 Å². The molecule has 0 aliphatic carbocycles. The van der Waals surface area contributed by atoms with Crippen LogP contribution in [0.3, 0.4) is 0 Å². The molecule has 2 aromatic carbocycles. The molecule has 0 atom stereocenters. The van der Waals surface area contributed by atoms with Crippen molar-refractivity contribution >= 4 is 11.6 Å². The number of ether oxygens (including phenoxy) is 1. The van der Waals surface area contributed by atoms with E-state index in [0.717, 1.165) is 56.5 Å². The van der Waals surface area contributed by atoms with E-state index in [1.54, 1.807) is 0 Å². The van der Waals surface area contributed by atoms with Gasteiger partial charge < -0.3 is 19.4 Å². The fraction of sp³-hybridized carbons (Fsp3) is 0.360. The average Bonchev–Trinajstić information content (AvgIpc) is 2.80. The van der Waals surface area contributed by atoms with E-state index < -0.39 is 0 Å². The summed E-state index contributed by atoms with van der Waals surface area (Å²) < 4.78 is 5.44. The molecule has 1 aliphatic heterocycles. The lowest BCUT2D eigenvalue weighted by Crippen LogP contribution is -2.36. The molecule has 2 heterocycles. The van der Waals surface area contributed by atoms with Crippen LogP contribution in [0.15, 0.2) is 60.9 Å². The lowest BCUT2D eigenvalue weighted by molar-refractivity contribution is 0.122. The van der Waals surface area contributed by atoms with Crippen LogP contribution in [0, 0.1) is 0 Å². The van der Waals surface area contributed by atoms with Gasteiger partial charge in [-0.25, -0.2) is 9.97 Å². The summed E-state index contributed by atoms with van der Waals surface area (Å²) in [7, 11) is 6.19. The highest BCUT2D eigenvalue weighted by molar-refractivity contribution is 5.63. The van der Waals surface area contributed by atoms with Crippen LogP contribution < -0.4 is 9.80 Å². The number of morpholine rings is 1. The molecule has 1 fully saturated rings. The molecule has 0 N–H and O–H groups in total. The first-order valence-electron chi connectivity index (χ1n) is 10.8. The number of hydrogen-bond donors (Lipinski definition) is 0. The number of aromatic nitrogens is 2. The maximum Gasteiger partial charge on any atom is 0.225 e. The molecule has 31 heavy (non-hydrogen) atoms. The minimum absolute atomic E-state index is 0.727. The van der Waals surface area contributed by atoms with Crippen molar-refractivity contribution in [3.63, 3.8) is 0 Å². The van der Waals surface area contributed by atoms with Crippen LogP contribution in [-0.2, 0) is 17.8 Å². The van der Waals surface area contributed by atoms with Gasteiger partial charge in [0.25, 0.3) is 0 Å². The van der Waals surface area contributed by atoms with Gasteiger partial charge in [-0.05, 0) is 49.0 Å². The molecule has 3 aromatic rings. The monoisotopic (exact) mass is 417 g/mol. The number of benzene rings is 2. The molecule has 0 bridgehead atoms. The zero-order valence-corrected chi connectivity index (χ0v) is 18.7. The highest BCUT2D eigenvalue weighted by Crippen LogP contribution is 2.22. The van der Waals surface area contributed by atoms with E-state index in [0.29, 0.717) is 0 Å². The van der Waals surface area contributed by atoms with Crippen molar-refractivity contribution in [3.05, 3.63) is 72.1 Å². The van der Waals surface area contributed by atoms with Crippen LogP contribution in [0.4, 0.5) is 11.6 Å². The zero-order valence-electron chi connectivity index (χ0n) is 18.7. The number of hydrogen-bond acceptors (Lipinski definition) is 6. The Kier molecular flexibility index (Phi) is 6.79. The molecule has 6 nitrogen and oxygen atoms in total. The molecule has 4 rings (SSSR count). The summed E-state index contributed by atoms with van der Waals surface area (Å²) in [5.41, 5.74) is 5.96. The Bertz CT molecular complexity index is 966. The first-order valence-corrected chi connectivity index (χ1v) is 10.8. The van der Waals surface area contributed by atoms with Gasteiger partial charge in [-0.15, -0.1) is 0 Å². The lowest BCUT2D eigenvalue weighted by Gasteiger charge is -2.29. The van der Waals surface area contributed by atoms with Crippen molar-refractivity contribution in [2.45, 2.75) is 13.1 Å². The third-order valence-corrected chi connectivity index (χ3v) is 5.47. The van der Waals surface area contributed by atoms with Gasteiger partial charge in [-0.1, -0.05) is 30.3 Å². The summed E-state index contributed by atoms with van der Waals surface area (Å²) in [6.45, 7) is 5.20. The first kappa shape index (κ1) is 21.3. The molecule has 6 heteroatoms. The third-order valence-electron chi connectivity index (χ3n) is 5.47. The Labute approximate surface area is 185 Å². The number of rotatable bonds is 7. The van der Waals surface area contributed by atoms with Gasteiger partial charge >= 0.3 is 0 Å². The van der Waals surface area contributed by atoms with E-state index in [2.05, 4.69) is 87.3 Å². The highest BCUT2D eigenvalue weighted by Gasteiger charge is 2.12. The molecule has 1 aromatic heterocycles. The minimum Gasteiger partial charge on any atom is -0.378 e. The SMILES string of the molecule is CN(C)Cc1cccc(-c2cnc(N(C)Cc3ccc(N4CCOCC4)cc3)nc2)c1. The minimum atomic E-state index is 0.727. The molecule has 0 radical (unpaired) electrons. The largest absolute Gasteiger partial charge is 0.378 e. The van der Waals surface area contributed by atoms with Crippen molar-refractivity contribution < 1.29 is 4.74 Å². The second-order valence-corrected chi connectivity index (χ2v) is 8.33. The number of nitrogens with zero attached hydrogens (tertiary/aromatic N) is 5. The molecule has 162 valence electrons. The molecule has 0 saturated carbocycles. The van der Waals surface area contributed by atoms with Crippen LogP contribution in [0.2, 0.25) is 0 Å². The van der Waals surface area contributed by atoms with E-state index in [9.17, 15) is 0 Å². The standard InChI is InChI=1S/C25H31N5O/c1-28(2)18-21-5-4-6-22(15-21)23-16-26-25(27-17-23)29(3)19-20-7-9-24(10-8-20)30-11-13-31-14-12-30/h4-10,15-17H,11-14,18-19H2,1-3H3. The van der Waals surface area contributed by atoms with Crippen molar-refractivity contribution in [3.8, 4) is 11.1 Å². The maximum absolute atomic E-state index is 5.44. The quantitative estimate of drug-likeness (QED) is 0.584. The molecule has 0 spiro atoms. The summed E-state index contributed by atoms with van der Waals surface area (Å²) in [5.74, 6) is 0.727. The first-order chi connectivity index (χ1) is 15.1. The Hall–Kier alpha value is -2.96. The van der Waals surface area contributed by atoms with Crippen molar-refractivity contribution in [1.82, 2.24) is 14.9 Å². The fourth-order valence-corrected chi connectivity index (χ4v) is 3.86. The fourth-order valence-electron chi connectivity index (χ4n) is 3.86. The predicted molar refractivity (Wildman–Crippen MR) is 126 cm³/mol. The van der Waals surface area contributed by atoms with E-state index in [1.807, 2.05) is 19.4 Å². The molecule has 0 amide bonds. The summed E-state index contributed by atoms with van der Waals surface area (Å²) in [6, 6.07) is 17.3. The van der Waals surface area contributed by atoms with Crippen LogP contribution in [0.5, 0.6) is 0 Å². The molecule has 0 unspecified atom stereocenters. The van der Waals surface area contributed by atoms with E-state index in [1.165, 1.54) is 16.8 Å². The van der Waals surface area contributed by atoms with Gasteiger partial charge in [-0.2, -0.15) is 0 Å². The molecular formula is C25H31N5O. The zero-order chi connectivity index (χ0) is 21.6. The average molecular weight is 418 g/mol. The summed E-state index contributed by atoms with van der Waals surface area (Å²) in [4.78, 5) is 15.8. The summed E-state index contributed by atoms with van der Waals surface area (Å²) >= 11 is 0. The normalized spacial score (nSPS) is 14.1.